The van der Waals surface area contributed by atoms with Crippen LogP contribution in [0, 0.1) is 20.8 Å². The normalized spacial score (nSPS) is 11.4. The number of hydrogen-bond acceptors (Lipinski definition) is 1. The van der Waals surface area contributed by atoms with E-state index in [1.165, 1.54) is 22.3 Å². The van der Waals surface area contributed by atoms with Crippen LogP contribution in [-0.4, -0.2) is 12.6 Å². The highest BCUT2D eigenvalue weighted by molar-refractivity contribution is 5.71. The van der Waals surface area contributed by atoms with E-state index in [1.54, 1.807) is 0 Å². The van der Waals surface area contributed by atoms with Crippen LogP contribution < -0.4 is 11.1 Å². The van der Waals surface area contributed by atoms with E-state index in [1.807, 2.05) is 0 Å². The van der Waals surface area contributed by atoms with Crippen molar-refractivity contribution in [2.75, 3.05) is 6.54 Å². The second-order valence-electron chi connectivity index (χ2n) is 5.38. The molecule has 0 aliphatic heterocycles. The molecule has 0 aromatic heterocycles. The summed E-state index contributed by atoms with van der Waals surface area (Å²) >= 11 is 0. The Balaban J connectivity index is 3.09. The van der Waals surface area contributed by atoms with Crippen LogP contribution in [0.15, 0.2) is 12.1 Å². The molecule has 17 heavy (non-hydrogen) atoms. The van der Waals surface area contributed by atoms with Crippen molar-refractivity contribution in [3.05, 3.63) is 34.4 Å². The van der Waals surface area contributed by atoms with Gasteiger partial charge in [0.2, 0.25) is 0 Å². The minimum atomic E-state index is -0.472. The van der Waals surface area contributed by atoms with Gasteiger partial charge in [0.05, 0.1) is 0 Å². The number of rotatable bonds is 3. The molecule has 0 heterocycles. The van der Waals surface area contributed by atoms with Gasteiger partial charge in [0.25, 0.3) is 0 Å². The van der Waals surface area contributed by atoms with Crippen LogP contribution in [-0.2, 0) is 5.41 Å². The summed E-state index contributed by atoms with van der Waals surface area (Å²) in [5, 5.41) is 2.69. The van der Waals surface area contributed by atoms with Crippen molar-refractivity contribution in [2.24, 2.45) is 5.73 Å². The third-order valence-corrected chi connectivity index (χ3v) is 3.06. The highest BCUT2D eigenvalue weighted by Gasteiger charge is 2.24. The molecule has 3 N–H and O–H groups in total. The molecule has 0 atom stereocenters. The fourth-order valence-electron chi connectivity index (χ4n) is 2.64. The predicted octanol–water partition coefficient (Wildman–Crippen LogP) is 2.56. The highest BCUT2D eigenvalue weighted by Crippen LogP contribution is 2.29. The van der Waals surface area contributed by atoms with E-state index in [4.69, 9.17) is 5.73 Å². The number of hydrogen-bond donors (Lipinski definition) is 2. The maximum Gasteiger partial charge on any atom is 0.312 e. The number of nitrogens with one attached hydrogen (secondary N) is 1. The third-order valence-electron chi connectivity index (χ3n) is 3.06. The summed E-state index contributed by atoms with van der Waals surface area (Å²) in [7, 11) is 0. The van der Waals surface area contributed by atoms with Crippen LogP contribution in [0.25, 0.3) is 0 Å². The Morgan fingerprint density at radius 1 is 1.24 bits per heavy atom. The summed E-state index contributed by atoms with van der Waals surface area (Å²) < 4.78 is 0. The van der Waals surface area contributed by atoms with Gasteiger partial charge in [-0.3, -0.25) is 0 Å². The molecule has 1 rings (SSSR count). The third kappa shape index (κ3) is 3.22. The Labute approximate surface area is 103 Å². The van der Waals surface area contributed by atoms with Crippen molar-refractivity contribution < 1.29 is 4.79 Å². The summed E-state index contributed by atoms with van der Waals surface area (Å²) in [6, 6.07) is 3.88. The molecule has 3 heteroatoms. The molecule has 1 aromatic carbocycles. The summed E-state index contributed by atoms with van der Waals surface area (Å²) in [5.74, 6) is 0. The standard InChI is InChI=1S/C14H22N2O/c1-9-6-10(2)12(11(3)7-9)14(4,5)8-16-13(15)17/h6-7H,8H2,1-5H3,(H3,15,16,17). The monoisotopic (exact) mass is 234 g/mol. The van der Waals surface area contributed by atoms with Gasteiger partial charge in [0.15, 0.2) is 0 Å². The number of benzene rings is 1. The number of urea groups is 1. The first kappa shape index (κ1) is 13.6. The van der Waals surface area contributed by atoms with E-state index in [-0.39, 0.29) is 5.41 Å². The van der Waals surface area contributed by atoms with Gasteiger partial charge in [0.1, 0.15) is 0 Å². The van der Waals surface area contributed by atoms with E-state index in [2.05, 4.69) is 52.1 Å². The Kier molecular flexibility index (Phi) is 3.81. The quantitative estimate of drug-likeness (QED) is 0.829. The van der Waals surface area contributed by atoms with E-state index < -0.39 is 6.03 Å². The zero-order valence-corrected chi connectivity index (χ0v) is 11.3. The fourth-order valence-corrected chi connectivity index (χ4v) is 2.64. The minimum Gasteiger partial charge on any atom is -0.352 e. The van der Waals surface area contributed by atoms with Crippen LogP contribution in [0.3, 0.4) is 0 Å². The number of carbonyl (C=O) groups excluding carboxylic acids is 1. The Morgan fingerprint density at radius 2 is 1.71 bits per heavy atom. The van der Waals surface area contributed by atoms with Crippen LogP contribution in [0.1, 0.15) is 36.1 Å². The molecule has 0 unspecified atom stereocenters. The molecule has 94 valence electrons. The second-order valence-corrected chi connectivity index (χ2v) is 5.38. The molecular weight excluding hydrogens is 212 g/mol. The lowest BCUT2D eigenvalue weighted by molar-refractivity contribution is 0.246. The SMILES string of the molecule is Cc1cc(C)c(C(C)(C)CNC(N)=O)c(C)c1. The van der Waals surface area contributed by atoms with Crippen molar-refractivity contribution in [1.82, 2.24) is 5.32 Å². The van der Waals surface area contributed by atoms with E-state index in [9.17, 15) is 4.79 Å². The maximum absolute atomic E-state index is 10.8. The second kappa shape index (κ2) is 4.78. The first-order valence-electron chi connectivity index (χ1n) is 5.85. The van der Waals surface area contributed by atoms with Crippen LogP contribution in [0.2, 0.25) is 0 Å². The lowest BCUT2D eigenvalue weighted by Crippen LogP contribution is -2.40. The summed E-state index contributed by atoms with van der Waals surface area (Å²) in [6.45, 7) is 11.1. The molecule has 0 fully saturated rings. The van der Waals surface area contributed by atoms with E-state index >= 15 is 0 Å². The van der Waals surface area contributed by atoms with Gasteiger partial charge in [-0.1, -0.05) is 31.5 Å². The van der Waals surface area contributed by atoms with Crippen LogP contribution >= 0.6 is 0 Å². The molecule has 0 saturated carbocycles. The summed E-state index contributed by atoms with van der Waals surface area (Å²) in [6.07, 6.45) is 0. The van der Waals surface area contributed by atoms with Crippen LogP contribution in [0.5, 0.6) is 0 Å². The zero-order valence-electron chi connectivity index (χ0n) is 11.3. The fraction of sp³-hybridized carbons (Fsp3) is 0.500. The Bertz CT molecular complexity index is 413. The average Bonchev–Trinajstić information content (AvgIpc) is 2.12. The van der Waals surface area contributed by atoms with Gasteiger partial charge in [-0.25, -0.2) is 4.79 Å². The van der Waals surface area contributed by atoms with Gasteiger partial charge >= 0.3 is 6.03 Å². The number of aryl methyl sites for hydroxylation is 3. The molecule has 0 radical (unpaired) electrons. The lowest BCUT2D eigenvalue weighted by Gasteiger charge is -2.29. The zero-order chi connectivity index (χ0) is 13.2. The smallest absolute Gasteiger partial charge is 0.312 e. The minimum absolute atomic E-state index is 0.114. The average molecular weight is 234 g/mol. The van der Waals surface area contributed by atoms with Gasteiger partial charge in [-0.2, -0.15) is 0 Å². The molecule has 3 nitrogen and oxygen atoms in total. The van der Waals surface area contributed by atoms with Crippen molar-refractivity contribution in [1.29, 1.82) is 0 Å². The molecule has 1 aromatic rings. The van der Waals surface area contributed by atoms with Crippen molar-refractivity contribution >= 4 is 6.03 Å². The topological polar surface area (TPSA) is 55.1 Å². The molecule has 0 spiro atoms. The van der Waals surface area contributed by atoms with Gasteiger partial charge in [0, 0.05) is 12.0 Å². The number of nitrogens with two attached hydrogens (primary N) is 1. The van der Waals surface area contributed by atoms with Crippen molar-refractivity contribution in [2.45, 2.75) is 40.0 Å². The lowest BCUT2D eigenvalue weighted by atomic mass is 9.79. The van der Waals surface area contributed by atoms with Crippen molar-refractivity contribution in [3.63, 3.8) is 0 Å². The first-order chi connectivity index (χ1) is 7.74. The molecular formula is C14H22N2O. The van der Waals surface area contributed by atoms with Gasteiger partial charge in [-0.15, -0.1) is 0 Å². The van der Waals surface area contributed by atoms with Crippen molar-refractivity contribution in [3.8, 4) is 0 Å². The molecule has 0 aliphatic carbocycles. The largest absolute Gasteiger partial charge is 0.352 e. The number of primary amides is 1. The molecule has 0 saturated heterocycles. The Morgan fingerprint density at radius 3 is 2.12 bits per heavy atom. The molecule has 2 amide bonds. The number of amides is 2. The summed E-state index contributed by atoms with van der Waals surface area (Å²) in [5.41, 5.74) is 10.1. The summed E-state index contributed by atoms with van der Waals surface area (Å²) in [4.78, 5) is 10.8. The predicted molar refractivity (Wildman–Crippen MR) is 71.3 cm³/mol. The molecule has 0 bridgehead atoms. The Hall–Kier alpha value is -1.51. The number of carbonyl (C=O) groups is 1. The maximum atomic E-state index is 10.8. The van der Waals surface area contributed by atoms with Crippen LogP contribution in [0.4, 0.5) is 4.79 Å². The first-order valence-corrected chi connectivity index (χ1v) is 5.85. The van der Waals surface area contributed by atoms with Gasteiger partial charge in [-0.05, 0) is 37.5 Å². The molecule has 0 aliphatic rings. The van der Waals surface area contributed by atoms with E-state index in [0.717, 1.165) is 0 Å². The van der Waals surface area contributed by atoms with E-state index in [0.29, 0.717) is 6.54 Å². The van der Waals surface area contributed by atoms with Gasteiger partial charge < -0.3 is 11.1 Å². The highest BCUT2D eigenvalue weighted by atomic mass is 16.2.